The minimum Gasteiger partial charge on any atom is -0.337 e. The van der Waals surface area contributed by atoms with Gasteiger partial charge in [-0.3, -0.25) is 9.89 Å². The maximum atomic E-state index is 12.7. The first kappa shape index (κ1) is 14.4. The number of rotatable bonds is 1. The fraction of sp³-hybridized carbons (Fsp3) is 0.467. The van der Waals surface area contributed by atoms with Crippen LogP contribution in [0.5, 0.6) is 0 Å². The van der Waals surface area contributed by atoms with E-state index in [2.05, 4.69) is 15.5 Å². The van der Waals surface area contributed by atoms with Crippen molar-refractivity contribution in [2.45, 2.75) is 6.42 Å². The second-order valence-corrected chi connectivity index (χ2v) is 5.84. The number of carbonyl (C=O) groups is 1. The highest BCUT2D eigenvalue weighted by molar-refractivity contribution is 6.04. The van der Waals surface area contributed by atoms with Gasteiger partial charge in [-0.2, -0.15) is 5.10 Å². The van der Waals surface area contributed by atoms with Crippen LogP contribution in [-0.2, 0) is 0 Å². The number of H-pyrrole nitrogens is 1. The van der Waals surface area contributed by atoms with Crippen LogP contribution in [0.4, 0.5) is 0 Å². The van der Waals surface area contributed by atoms with E-state index in [4.69, 9.17) is 0 Å². The first-order chi connectivity index (χ1) is 9.83. The van der Waals surface area contributed by atoms with Crippen molar-refractivity contribution in [1.82, 2.24) is 20.4 Å². The summed E-state index contributed by atoms with van der Waals surface area (Å²) in [5, 5.41) is 11.5. The average molecular weight is 307 g/mol. The van der Waals surface area contributed by atoms with E-state index in [0.717, 1.165) is 49.4 Å². The number of likely N-dealkylation sites (tertiary alicyclic amines) is 1. The van der Waals surface area contributed by atoms with Crippen molar-refractivity contribution in [3.05, 3.63) is 30.0 Å². The van der Waals surface area contributed by atoms with Crippen molar-refractivity contribution >= 4 is 29.2 Å². The van der Waals surface area contributed by atoms with E-state index in [1.165, 1.54) is 0 Å². The molecule has 3 heterocycles. The molecule has 2 aliphatic rings. The lowest BCUT2D eigenvalue weighted by Crippen LogP contribution is -2.43. The Kier molecular flexibility index (Phi) is 3.87. The molecule has 0 aliphatic carbocycles. The Morgan fingerprint density at radius 2 is 2.05 bits per heavy atom. The van der Waals surface area contributed by atoms with Gasteiger partial charge in [-0.25, -0.2) is 0 Å². The fourth-order valence-electron chi connectivity index (χ4n) is 3.50. The maximum absolute atomic E-state index is 12.7. The number of benzene rings is 1. The van der Waals surface area contributed by atoms with Crippen molar-refractivity contribution in [2.75, 3.05) is 26.2 Å². The quantitative estimate of drug-likeness (QED) is 0.842. The summed E-state index contributed by atoms with van der Waals surface area (Å²) < 4.78 is 0. The van der Waals surface area contributed by atoms with Crippen LogP contribution in [0.25, 0.3) is 10.9 Å². The van der Waals surface area contributed by atoms with Crippen molar-refractivity contribution in [1.29, 1.82) is 0 Å². The molecule has 112 valence electrons. The topological polar surface area (TPSA) is 61.0 Å². The molecule has 2 fully saturated rings. The van der Waals surface area contributed by atoms with Gasteiger partial charge < -0.3 is 10.2 Å². The van der Waals surface area contributed by atoms with Gasteiger partial charge in [-0.15, -0.1) is 12.4 Å². The Morgan fingerprint density at radius 3 is 2.95 bits per heavy atom. The van der Waals surface area contributed by atoms with Gasteiger partial charge in [0.25, 0.3) is 5.91 Å². The zero-order chi connectivity index (χ0) is 13.5. The molecule has 6 heteroatoms. The molecule has 2 aromatic rings. The summed E-state index contributed by atoms with van der Waals surface area (Å²) in [5.41, 5.74) is 1.48. The highest BCUT2D eigenvalue weighted by Gasteiger charge is 2.35. The van der Waals surface area contributed by atoms with Crippen LogP contribution in [0.2, 0.25) is 0 Å². The minimum atomic E-state index is 0. The second-order valence-electron chi connectivity index (χ2n) is 5.84. The standard InChI is InChI=1S/C15H18N4O.ClH/c20-15(14-12-3-1-2-4-13(12)17-18-14)19-6-5-10-7-16-8-11(10)9-19;/h1-4,10-11,16H,5-9H2,(H,17,18);1H. The lowest BCUT2D eigenvalue weighted by molar-refractivity contribution is 0.0638. The van der Waals surface area contributed by atoms with Gasteiger partial charge in [-0.1, -0.05) is 18.2 Å². The lowest BCUT2D eigenvalue weighted by Gasteiger charge is -2.34. The van der Waals surface area contributed by atoms with E-state index in [1.54, 1.807) is 0 Å². The number of aromatic nitrogens is 2. The van der Waals surface area contributed by atoms with Crippen LogP contribution < -0.4 is 5.32 Å². The number of piperidine rings is 1. The Morgan fingerprint density at radius 1 is 1.24 bits per heavy atom. The average Bonchev–Trinajstić information content (AvgIpc) is 3.12. The predicted octanol–water partition coefficient (Wildman–Crippen LogP) is 1.67. The molecule has 1 aromatic heterocycles. The highest BCUT2D eigenvalue weighted by Crippen LogP contribution is 2.28. The summed E-state index contributed by atoms with van der Waals surface area (Å²) in [6.07, 6.45) is 1.10. The summed E-state index contributed by atoms with van der Waals surface area (Å²) in [5.74, 6) is 1.42. The van der Waals surface area contributed by atoms with Crippen LogP contribution in [0, 0.1) is 11.8 Å². The minimum absolute atomic E-state index is 0. The largest absolute Gasteiger partial charge is 0.337 e. The summed E-state index contributed by atoms with van der Waals surface area (Å²) in [7, 11) is 0. The van der Waals surface area contributed by atoms with Gasteiger partial charge >= 0.3 is 0 Å². The monoisotopic (exact) mass is 306 g/mol. The van der Waals surface area contributed by atoms with E-state index in [9.17, 15) is 4.79 Å². The fourth-order valence-corrected chi connectivity index (χ4v) is 3.50. The molecule has 0 radical (unpaired) electrons. The van der Waals surface area contributed by atoms with Crippen LogP contribution >= 0.6 is 12.4 Å². The number of nitrogens with zero attached hydrogens (tertiary/aromatic N) is 2. The van der Waals surface area contributed by atoms with E-state index in [1.807, 2.05) is 29.2 Å². The van der Waals surface area contributed by atoms with Crippen LogP contribution in [-0.4, -0.2) is 47.2 Å². The van der Waals surface area contributed by atoms with Crippen LogP contribution in [0.1, 0.15) is 16.9 Å². The van der Waals surface area contributed by atoms with Gasteiger partial charge in [0.05, 0.1) is 5.52 Å². The molecule has 5 nitrogen and oxygen atoms in total. The molecule has 21 heavy (non-hydrogen) atoms. The summed E-state index contributed by atoms with van der Waals surface area (Å²) in [4.78, 5) is 14.7. The molecule has 0 spiro atoms. The van der Waals surface area contributed by atoms with Crippen molar-refractivity contribution in [3.63, 3.8) is 0 Å². The number of para-hydroxylation sites is 1. The predicted molar refractivity (Wildman–Crippen MR) is 83.7 cm³/mol. The third-order valence-corrected chi connectivity index (χ3v) is 4.66. The summed E-state index contributed by atoms with van der Waals surface area (Å²) in [6.45, 7) is 3.86. The van der Waals surface area contributed by atoms with Crippen LogP contribution in [0.3, 0.4) is 0 Å². The summed E-state index contributed by atoms with van der Waals surface area (Å²) >= 11 is 0. The molecule has 4 rings (SSSR count). The van der Waals surface area contributed by atoms with Gasteiger partial charge in [0, 0.05) is 18.5 Å². The van der Waals surface area contributed by atoms with E-state index in [0.29, 0.717) is 11.6 Å². The third kappa shape index (κ3) is 2.40. The molecule has 2 aliphatic heterocycles. The number of halogens is 1. The molecule has 0 bridgehead atoms. The number of aromatic amines is 1. The number of hydrogen-bond donors (Lipinski definition) is 2. The van der Waals surface area contributed by atoms with E-state index in [-0.39, 0.29) is 18.3 Å². The molecule has 1 amide bonds. The Labute approximate surface area is 129 Å². The molecule has 1 aromatic carbocycles. The number of fused-ring (bicyclic) bond motifs is 2. The van der Waals surface area contributed by atoms with Crippen molar-refractivity contribution in [3.8, 4) is 0 Å². The smallest absolute Gasteiger partial charge is 0.275 e. The molecule has 2 saturated heterocycles. The van der Waals surface area contributed by atoms with Crippen molar-refractivity contribution < 1.29 is 4.79 Å². The van der Waals surface area contributed by atoms with Crippen molar-refractivity contribution in [2.24, 2.45) is 11.8 Å². The van der Waals surface area contributed by atoms with Gasteiger partial charge in [0.2, 0.25) is 0 Å². The number of nitrogens with one attached hydrogen (secondary N) is 2. The van der Waals surface area contributed by atoms with Gasteiger partial charge in [0.1, 0.15) is 0 Å². The first-order valence-corrected chi connectivity index (χ1v) is 7.26. The van der Waals surface area contributed by atoms with Crippen LogP contribution in [0.15, 0.2) is 24.3 Å². The zero-order valence-corrected chi connectivity index (χ0v) is 12.5. The Bertz CT molecular complexity index is 656. The van der Waals surface area contributed by atoms with E-state index >= 15 is 0 Å². The van der Waals surface area contributed by atoms with E-state index < -0.39 is 0 Å². The number of amides is 1. The number of hydrogen-bond acceptors (Lipinski definition) is 3. The Balaban J connectivity index is 0.00000132. The third-order valence-electron chi connectivity index (χ3n) is 4.66. The molecule has 2 unspecified atom stereocenters. The Hall–Kier alpha value is -1.59. The number of carbonyl (C=O) groups excluding carboxylic acids is 1. The lowest BCUT2D eigenvalue weighted by atomic mass is 9.88. The van der Waals surface area contributed by atoms with Gasteiger partial charge in [-0.05, 0) is 37.4 Å². The normalized spacial score (nSPS) is 24.7. The summed E-state index contributed by atoms with van der Waals surface area (Å²) in [6, 6.07) is 7.80. The highest BCUT2D eigenvalue weighted by atomic mass is 35.5. The molecule has 2 atom stereocenters. The van der Waals surface area contributed by atoms with Gasteiger partial charge in [0.15, 0.2) is 5.69 Å². The molecular weight excluding hydrogens is 288 g/mol. The second kappa shape index (κ2) is 5.66. The molecule has 0 saturated carbocycles. The SMILES string of the molecule is Cl.O=C(c1n[nH]c2ccccc12)N1CCC2CNCC2C1. The zero-order valence-electron chi connectivity index (χ0n) is 11.7. The molecular formula is C15H19ClN4O. The first-order valence-electron chi connectivity index (χ1n) is 7.26. The molecule has 2 N–H and O–H groups in total. The maximum Gasteiger partial charge on any atom is 0.275 e.